The van der Waals surface area contributed by atoms with Gasteiger partial charge in [0.05, 0.1) is 22.4 Å². The zero-order valence-corrected chi connectivity index (χ0v) is 34.5. The van der Waals surface area contributed by atoms with Crippen LogP contribution in [0.2, 0.25) is 0 Å². The first-order valence-electron chi connectivity index (χ1n) is 21.8. The third kappa shape index (κ3) is 7.04. The molecule has 0 radical (unpaired) electrons. The summed E-state index contributed by atoms with van der Waals surface area (Å²) in [6, 6.07) is 73.3. The molecule has 8 aromatic carbocycles. The van der Waals surface area contributed by atoms with Crippen LogP contribution in [0.5, 0.6) is 0 Å². The Kier molecular flexibility index (Phi) is 9.74. The molecule has 1 fully saturated rings. The molecule has 296 valence electrons. The summed E-state index contributed by atoms with van der Waals surface area (Å²) >= 11 is 0. The number of hydrogen-bond donors (Lipinski definition) is 0. The summed E-state index contributed by atoms with van der Waals surface area (Å²) in [4.78, 5) is 20.7. The van der Waals surface area contributed by atoms with Crippen LogP contribution in [0.3, 0.4) is 0 Å². The molecular formula is C58H44N4. The monoisotopic (exact) mass is 796 g/mol. The van der Waals surface area contributed by atoms with Gasteiger partial charge in [-0.2, -0.15) is 0 Å². The van der Waals surface area contributed by atoms with Crippen molar-refractivity contribution in [2.75, 3.05) is 0 Å². The molecule has 2 aromatic heterocycles. The first-order valence-corrected chi connectivity index (χ1v) is 21.8. The van der Waals surface area contributed by atoms with E-state index in [1.165, 1.54) is 52.6 Å². The van der Waals surface area contributed by atoms with Crippen molar-refractivity contribution in [1.82, 2.24) is 19.9 Å². The number of hydrogen-bond acceptors (Lipinski definition) is 4. The molecule has 11 rings (SSSR count). The van der Waals surface area contributed by atoms with Gasteiger partial charge in [-0.3, -0.25) is 0 Å². The molecule has 4 heteroatoms. The van der Waals surface area contributed by atoms with E-state index >= 15 is 0 Å². The molecule has 62 heavy (non-hydrogen) atoms. The number of rotatable bonds is 8. The first-order chi connectivity index (χ1) is 30.7. The Morgan fingerprint density at radius 3 is 1.03 bits per heavy atom. The topological polar surface area (TPSA) is 51.6 Å². The highest BCUT2D eigenvalue weighted by Crippen LogP contribution is 2.46. The molecular weight excluding hydrogens is 753 g/mol. The molecule has 1 aliphatic rings. The second kappa shape index (κ2) is 16.1. The van der Waals surface area contributed by atoms with E-state index in [4.69, 9.17) is 19.9 Å². The van der Waals surface area contributed by atoms with Crippen molar-refractivity contribution in [1.29, 1.82) is 0 Å². The van der Waals surface area contributed by atoms with Gasteiger partial charge in [0.15, 0.2) is 11.6 Å². The maximum Gasteiger partial charge on any atom is 0.160 e. The smallest absolute Gasteiger partial charge is 0.160 e. The van der Waals surface area contributed by atoms with E-state index in [0.29, 0.717) is 0 Å². The standard InChI is InChI=1S/C58H44N4/c1-4-14-40(15-5-1)42-22-26-44(27-23-42)54-50-18-8-10-20-52(50)59-56(61-54)46-30-34-48(35-31-46)58(38-12-3-13-39-58)49-36-32-47(33-37-49)57-60-53-21-11-9-19-51(53)55(62-57)45-28-24-43(25-29-45)41-16-6-2-7-17-41/h1-2,4-11,14-37H,3,12-13,38-39H2. The Hall–Kier alpha value is -7.56. The second-order valence-electron chi connectivity index (χ2n) is 16.5. The van der Waals surface area contributed by atoms with E-state index in [0.717, 1.165) is 79.9 Å². The lowest BCUT2D eigenvalue weighted by Gasteiger charge is -2.39. The van der Waals surface area contributed by atoms with Gasteiger partial charge in [0.25, 0.3) is 0 Å². The Bertz CT molecular complexity index is 2940. The Morgan fingerprint density at radius 1 is 0.274 bits per heavy atom. The molecule has 1 aliphatic carbocycles. The van der Waals surface area contributed by atoms with Gasteiger partial charge >= 0.3 is 0 Å². The minimum atomic E-state index is -0.0822. The molecule has 0 saturated heterocycles. The molecule has 1 saturated carbocycles. The summed E-state index contributed by atoms with van der Waals surface area (Å²) in [6.07, 6.45) is 5.87. The first kappa shape index (κ1) is 37.4. The predicted molar refractivity (Wildman–Crippen MR) is 256 cm³/mol. The van der Waals surface area contributed by atoms with Crippen LogP contribution in [0, 0.1) is 0 Å². The van der Waals surface area contributed by atoms with Crippen LogP contribution in [0.1, 0.15) is 43.2 Å². The van der Waals surface area contributed by atoms with Crippen molar-refractivity contribution in [2.24, 2.45) is 0 Å². The van der Waals surface area contributed by atoms with Crippen molar-refractivity contribution in [3.8, 4) is 67.5 Å². The molecule has 10 aromatic rings. The molecule has 0 atom stereocenters. The van der Waals surface area contributed by atoms with E-state index < -0.39 is 0 Å². The minimum absolute atomic E-state index is 0.0822. The fourth-order valence-corrected chi connectivity index (χ4v) is 9.53. The molecule has 4 nitrogen and oxygen atoms in total. The zero-order chi connectivity index (χ0) is 41.3. The molecule has 0 spiro atoms. The third-order valence-electron chi connectivity index (χ3n) is 12.8. The van der Waals surface area contributed by atoms with Gasteiger partial charge in [-0.1, -0.05) is 213 Å². The van der Waals surface area contributed by atoms with Crippen LogP contribution in [0.25, 0.3) is 89.4 Å². The van der Waals surface area contributed by atoms with E-state index in [-0.39, 0.29) is 5.41 Å². The highest BCUT2D eigenvalue weighted by atomic mass is 14.9. The Balaban J connectivity index is 0.911. The number of fused-ring (bicyclic) bond motifs is 2. The number of nitrogens with zero attached hydrogens (tertiary/aromatic N) is 4. The lowest BCUT2D eigenvalue weighted by atomic mass is 9.65. The second-order valence-corrected chi connectivity index (χ2v) is 16.5. The van der Waals surface area contributed by atoms with Crippen molar-refractivity contribution >= 4 is 21.8 Å². The number of benzene rings is 8. The van der Waals surface area contributed by atoms with Crippen LogP contribution >= 0.6 is 0 Å². The fourth-order valence-electron chi connectivity index (χ4n) is 9.53. The summed E-state index contributed by atoms with van der Waals surface area (Å²) in [5, 5.41) is 2.10. The van der Waals surface area contributed by atoms with Crippen LogP contribution in [-0.2, 0) is 5.41 Å². The molecule has 0 N–H and O–H groups in total. The van der Waals surface area contributed by atoms with Crippen LogP contribution in [-0.4, -0.2) is 19.9 Å². The lowest BCUT2D eigenvalue weighted by molar-refractivity contribution is 0.346. The van der Waals surface area contributed by atoms with Gasteiger partial charge in [-0.25, -0.2) is 19.9 Å². The Labute approximate surface area is 362 Å². The number of aromatic nitrogens is 4. The van der Waals surface area contributed by atoms with Crippen molar-refractivity contribution in [3.63, 3.8) is 0 Å². The molecule has 0 unspecified atom stereocenters. The van der Waals surface area contributed by atoms with Gasteiger partial charge in [0.2, 0.25) is 0 Å². The number of para-hydroxylation sites is 2. The highest BCUT2D eigenvalue weighted by molar-refractivity contribution is 5.95. The van der Waals surface area contributed by atoms with Gasteiger partial charge < -0.3 is 0 Å². The van der Waals surface area contributed by atoms with E-state index in [9.17, 15) is 0 Å². The van der Waals surface area contributed by atoms with E-state index in [1.807, 2.05) is 0 Å². The zero-order valence-electron chi connectivity index (χ0n) is 34.5. The van der Waals surface area contributed by atoms with E-state index in [2.05, 4.69) is 206 Å². The summed E-state index contributed by atoms with van der Waals surface area (Å²) in [6.45, 7) is 0. The summed E-state index contributed by atoms with van der Waals surface area (Å²) in [5.74, 6) is 1.47. The van der Waals surface area contributed by atoms with Crippen LogP contribution in [0.15, 0.2) is 206 Å². The minimum Gasteiger partial charge on any atom is -0.228 e. The Morgan fingerprint density at radius 2 is 0.613 bits per heavy atom. The predicted octanol–water partition coefficient (Wildman–Crippen LogP) is 14.8. The maximum atomic E-state index is 5.24. The summed E-state index contributed by atoms with van der Waals surface area (Å²) in [7, 11) is 0. The van der Waals surface area contributed by atoms with Crippen LogP contribution < -0.4 is 0 Å². The molecule has 0 bridgehead atoms. The molecule has 0 amide bonds. The van der Waals surface area contributed by atoms with E-state index in [1.54, 1.807) is 0 Å². The van der Waals surface area contributed by atoms with Gasteiger partial charge in [-0.05, 0) is 58.4 Å². The summed E-state index contributed by atoms with van der Waals surface area (Å²) < 4.78 is 0. The van der Waals surface area contributed by atoms with Gasteiger partial charge in [0.1, 0.15) is 0 Å². The SMILES string of the molecule is c1ccc(-c2ccc(-c3nc(-c4ccc(C5(c6ccc(-c7nc(-c8ccc(-c9ccccc9)cc8)c8ccccc8n7)cc6)CCCCC5)cc4)nc4ccccc34)cc2)cc1. The molecule has 0 aliphatic heterocycles. The average molecular weight is 797 g/mol. The van der Waals surface area contributed by atoms with Crippen LogP contribution in [0.4, 0.5) is 0 Å². The van der Waals surface area contributed by atoms with Crippen molar-refractivity contribution < 1.29 is 0 Å². The third-order valence-corrected chi connectivity index (χ3v) is 12.8. The highest BCUT2D eigenvalue weighted by Gasteiger charge is 2.36. The maximum absolute atomic E-state index is 5.24. The largest absolute Gasteiger partial charge is 0.228 e. The quantitative estimate of drug-likeness (QED) is 0.154. The van der Waals surface area contributed by atoms with Gasteiger partial charge in [-0.15, -0.1) is 0 Å². The fraction of sp³-hybridized carbons (Fsp3) is 0.103. The lowest BCUT2D eigenvalue weighted by Crippen LogP contribution is -2.30. The normalized spacial score (nSPS) is 13.6. The van der Waals surface area contributed by atoms with Crippen molar-refractivity contribution in [2.45, 2.75) is 37.5 Å². The van der Waals surface area contributed by atoms with Crippen molar-refractivity contribution in [3.05, 3.63) is 217 Å². The van der Waals surface area contributed by atoms with Gasteiger partial charge in [0, 0.05) is 38.4 Å². The summed E-state index contributed by atoms with van der Waals surface area (Å²) in [5.41, 5.74) is 15.3. The average Bonchev–Trinajstić information content (AvgIpc) is 3.36. The molecule has 2 heterocycles.